The Bertz CT molecular complexity index is 747. The third kappa shape index (κ3) is 3.20. The Hall–Kier alpha value is -3.36. The minimum atomic E-state index is -1.19. The van der Waals surface area contributed by atoms with Crippen molar-refractivity contribution in [2.75, 3.05) is 11.1 Å². The van der Waals surface area contributed by atoms with Crippen molar-refractivity contribution >= 4 is 23.3 Å². The first-order chi connectivity index (χ1) is 10.4. The number of aromatic nitrogens is 1. The van der Waals surface area contributed by atoms with Crippen molar-refractivity contribution in [2.45, 2.75) is 6.92 Å². The van der Waals surface area contributed by atoms with Crippen LogP contribution in [0.3, 0.4) is 0 Å². The number of hydrogen-bond donors (Lipinski definition) is 3. The van der Waals surface area contributed by atoms with Crippen LogP contribution >= 0.6 is 0 Å². The van der Waals surface area contributed by atoms with Crippen molar-refractivity contribution in [1.82, 2.24) is 4.98 Å². The lowest BCUT2D eigenvalue weighted by atomic mass is 10.2. The van der Waals surface area contributed by atoms with E-state index in [9.17, 15) is 14.9 Å². The molecule has 4 N–H and O–H groups in total. The van der Waals surface area contributed by atoms with Gasteiger partial charge in [-0.05, 0) is 30.7 Å². The van der Waals surface area contributed by atoms with E-state index in [-0.39, 0.29) is 11.6 Å². The summed E-state index contributed by atoms with van der Waals surface area (Å²) in [5, 5.41) is 21.9. The molecule has 0 radical (unpaired) electrons. The number of aryl methyl sites for hydroxylation is 1. The number of benzene rings is 1. The fraction of sp³-hybridized carbons (Fsp3) is 0.0769. The molecule has 2 rings (SSSR count). The smallest absolute Gasteiger partial charge is 0.409 e. The number of amides is 1. The first-order valence-corrected chi connectivity index (χ1v) is 6.06. The van der Waals surface area contributed by atoms with Crippen LogP contribution in [0.1, 0.15) is 5.56 Å². The zero-order valence-corrected chi connectivity index (χ0v) is 11.4. The molecule has 1 aromatic carbocycles. The van der Waals surface area contributed by atoms with Crippen LogP contribution in [0, 0.1) is 17.0 Å². The Labute approximate surface area is 124 Å². The van der Waals surface area contributed by atoms with Gasteiger partial charge in [-0.15, -0.1) is 0 Å². The van der Waals surface area contributed by atoms with Gasteiger partial charge in [-0.2, -0.15) is 0 Å². The predicted molar refractivity (Wildman–Crippen MR) is 78.2 cm³/mol. The first-order valence-electron chi connectivity index (χ1n) is 6.06. The standard InChI is InChI=1S/C13H12N4O5/c1-7-6-8(16-13(18)19)2-3-9(7)22-10-4-5-15-12(14)11(10)17(20)21/h2-6,16H,1H3,(H2,14,15)(H,18,19). The van der Waals surface area contributed by atoms with Gasteiger partial charge in [0.25, 0.3) is 0 Å². The van der Waals surface area contributed by atoms with E-state index in [4.69, 9.17) is 15.6 Å². The van der Waals surface area contributed by atoms with Crippen LogP contribution < -0.4 is 15.8 Å². The van der Waals surface area contributed by atoms with E-state index in [1.807, 2.05) is 0 Å². The molecule has 1 amide bonds. The molecule has 0 saturated heterocycles. The second kappa shape index (κ2) is 5.95. The number of hydrogen-bond acceptors (Lipinski definition) is 6. The Morgan fingerprint density at radius 2 is 2.14 bits per heavy atom. The highest BCUT2D eigenvalue weighted by Crippen LogP contribution is 2.36. The molecule has 0 aliphatic rings. The maximum atomic E-state index is 11.0. The molecular formula is C13H12N4O5. The highest BCUT2D eigenvalue weighted by atomic mass is 16.6. The number of nitrogens with zero attached hydrogens (tertiary/aromatic N) is 2. The van der Waals surface area contributed by atoms with Crippen LogP contribution in [0.5, 0.6) is 11.5 Å². The Kier molecular flexibility index (Phi) is 4.07. The minimum absolute atomic E-state index is 0.0421. The van der Waals surface area contributed by atoms with E-state index in [2.05, 4.69) is 10.3 Å². The number of nitrogens with two attached hydrogens (primary N) is 1. The third-order valence-corrected chi connectivity index (χ3v) is 2.74. The summed E-state index contributed by atoms with van der Waals surface area (Å²) in [6.45, 7) is 1.68. The van der Waals surface area contributed by atoms with E-state index in [0.29, 0.717) is 17.0 Å². The van der Waals surface area contributed by atoms with Crippen molar-refractivity contribution in [3.8, 4) is 11.5 Å². The highest BCUT2D eigenvalue weighted by molar-refractivity contribution is 5.83. The molecule has 0 aliphatic heterocycles. The van der Waals surface area contributed by atoms with E-state index in [0.717, 1.165) is 0 Å². The van der Waals surface area contributed by atoms with E-state index >= 15 is 0 Å². The summed E-state index contributed by atoms with van der Waals surface area (Å²) in [5.41, 5.74) is 6.02. The van der Waals surface area contributed by atoms with Crippen LogP contribution in [-0.4, -0.2) is 21.1 Å². The summed E-state index contributed by atoms with van der Waals surface area (Å²) < 4.78 is 5.51. The average Bonchev–Trinajstić information content (AvgIpc) is 2.40. The quantitative estimate of drug-likeness (QED) is 0.582. The summed E-state index contributed by atoms with van der Waals surface area (Å²) >= 11 is 0. The molecule has 0 bridgehead atoms. The summed E-state index contributed by atoms with van der Waals surface area (Å²) in [6, 6.07) is 5.85. The van der Waals surface area contributed by atoms with Gasteiger partial charge in [0, 0.05) is 18.0 Å². The van der Waals surface area contributed by atoms with Gasteiger partial charge < -0.3 is 15.6 Å². The number of anilines is 2. The number of rotatable bonds is 4. The Morgan fingerprint density at radius 3 is 2.73 bits per heavy atom. The van der Waals surface area contributed by atoms with Gasteiger partial charge in [0.1, 0.15) is 5.75 Å². The molecule has 9 nitrogen and oxygen atoms in total. The number of pyridine rings is 1. The van der Waals surface area contributed by atoms with Gasteiger partial charge in [0.15, 0.2) is 0 Å². The largest absolute Gasteiger partial charge is 0.465 e. The summed E-state index contributed by atoms with van der Waals surface area (Å²) in [5.74, 6) is 0.0495. The topological polar surface area (TPSA) is 141 Å². The van der Waals surface area contributed by atoms with E-state index in [1.165, 1.54) is 24.4 Å². The number of carbonyl (C=O) groups is 1. The van der Waals surface area contributed by atoms with Gasteiger partial charge in [-0.1, -0.05) is 0 Å². The number of nitro groups is 1. The lowest BCUT2D eigenvalue weighted by Gasteiger charge is -2.11. The van der Waals surface area contributed by atoms with E-state index in [1.54, 1.807) is 13.0 Å². The zero-order chi connectivity index (χ0) is 16.3. The maximum absolute atomic E-state index is 11.0. The maximum Gasteiger partial charge on any atom is 0.409 e. The normalized spacial score (nSPS) is 10.0. The molecule has 9 heteroatoms. The van der Waals surface area contributed by atoms with Crippen molar-refractivity contribution in [2.24, 2.45) is 0 Å². The van der Waals surface area contributed by atoms with Crippen molar-refractivity contribution in [3.63, 3.8) is 0 Å². The lowest BCUT2D eigenvalue weighted by Crippen LogP contribution is -2.07. The molecule has 0 unspecified atom stereocenters. The van der Waals surface area contributed by atoms with Crippen molar-refractivity contribution < 1.29 is 19.6 Å². The number of nitrogen functional groups attached to an aromatic ring is 1. The summed E-state index contributed by atoms with van der Waals surface area (Å²) in [6.07, 6.45) is 0.110. The third-order valence-electron chi connectivity index (χ3n) is 2.74. The van der Waals surface area contributed by atoms with Crippen molar-refractivity contribution in [3.05, 3.63) is 46.1 Å². The summed E-state index contributed by atoms with van der Waals surface area (Å²) in [7, 11) is 0. The Balaban J connectivity index is 2.34. The summed E-state index contributed by atoms with van der Waals surface area (Å²) in [4.78, 5) is 24.6. The molecule has 0 fully saturated rings. The molecule has 0 atom stereocenters. The van der Waals surface area contributed by atoms with Crippen molar-refractivity contribution in [1.29, 1.82) is 0 Å². The minimum Gasteiger partial charge on any atom is -0.465 e. The van der Waals surface area contributed by atoms with Gasteiger partial charge in [0.2, 0.25) is 11.6 Å². The molecule has 0 saturated carbocycles. The number of nitrogens with one attached hydrogen (secondary N) is 1. The molecule has 1 heterocycles. The SMILES string of the molecule is Cc1cc(NC(=O)O)ccc1Oc1ccnc(N)c1[N+](=O)[O-]. The van der Waals surface area contributed by atoms with Gasteiger partial charge in [-0.3, -0.25) is 15.4 Å². The predicted octanol–water partition coefficient (Wildman–Crippen LogP) is 2.76. The number of ether oxygens (including phenoxy) is 1. The van der Waals surface area contributed by atoms with Crippen LogP contribution in [0.2, 0.25) is 0 Å². The van der Waals surface area contributed by atoms with Gasteiger partial charge in [0.05, 0.1) is 4.92 Å². The molecule has 0 aliphatic carbocycles. The number of carboxylic acid groups (broad SMARTS) is 1. The van der Waals surface area contributed by atoms with Gasteiger partial charge in [-0.25, -0.2) is 9.78 Å². The monoisotopic (exact) mass is 304 g/mol. The Morgan fingerprint density at radius 1 is 1.41 bits per heavy atom. The lowest BCUT2D eigenvalue weighted by molar-refractivity contribution is -0.384. The second-order valence-corrected chi connectivity index (χ2v) is 4.31. The van der Waals surface area contributed by atoms with Crippen LogP contribution in [0.4, 0.5) is 22.0 Å². The fourth-order valence-electron chi connectivity index (χ4n) is 1.80. The fourth-order valence-corrected chi connectivity index (χ4v) is 1.80. The molecule has 22 heavy (non-hydrogen) atoms. The molecule has 0 spiro atoms. The van der Waals surface area contributed by atoms with Gasteiger partial charge >= 0.3 is 11.8 Å². The first kappa shape index (κ1) is 15.0. The van der Waals surface area contributed by atoms with E-state index < -0.39 is 16.7 Å². The molecule has 2 aromatic rings. The van der Waals surface area contributed by atoms with Crippen LogP contribution in [0.25, 0.3) is 0 Å². The molecule has 114 valence electrons. The zero-order valence-electron chi connectivity index (χ0n) is 11.4. The average molecular weight is 304 g/mol. The second-order valence-electron chi connectivity index (χ2n) is 4.31. The molecule has 1 aromatic heterocycles. The highest BCUT2D eigenvalue weighted by Gasteiger charge is 2.21. The molecular weight excluding hydrogens is 292 g/mol. The van der Waals surface area contributed by atoms with Crippen LogP contribution in [-0.2, 0) is 0 Å². The van der Waals surface area contributed by atoms with Crippen LogP contribution in [0.15, 0.2) is 30.5 Å².